The predicted octanol–water partition coefficient (Wildman–Crippen LogP) is 1.23. The Morgan fingerprint density at radius 3 is 2.71 bits per heavy atom. The minimum absolute atomic E-state index is 0.262. The Bertz CT molecular complexity index is 687. The van der Waals surface area contributed by atoms with Crippen LogP contribution in [0.25, 0.3) is 5.69 Å². The summed E-state index contributed by atoms with van der Waals surface area (Å²) in [6, 6.07) is 6.63. The van der Waals surface area contributed by atoms with Crippen molar-refractivity contribution in [1.82, 2.24) is 9.55 Å². The van der Waals surface area contributed by atoms with E-state index in [1.807, 2.05) is 0 Å². The topological polar surface area (TPSA) is 71.9 Å². The zero-order valence-corrected chi connectivity index (χ0v) is 10.2. The summed E-state index contributed by atoms with van der Waals surface area (Å²) < 4.78 is 23.3. The van der Waals surface area contributed by atoms with E-state index >= 15 is 0 Å². The second kappa shape index (κ2) is 4.38. The summed E-state index contributed by atoms with van der Waals surface area (Å²) in [5.74, 6) is -0.262. The molecule has 0 aliphatic heterocycles. The van der Waals surface area contributed by atoms with Crippen molar-refractivity contribution in [2.75, 3.05) is 0 Å². The van der Waals surface area contributed by atoms with E-state index in [2.05, 4.69) is 4.98 Å². The Kier molecular flexibility index (Phi) is 3.08. The fourth-order valence-electron chi connectivity index (χ4n) is 1.52. The molecule has 5 nitrogen and oxygen atoms in total. The Labute approximate surface area is 102 Å². The third-order valence-electron chi connectivity index (χ3n) is 2.18. The van der Waals surface area contributed by atoms with Gasteiger partial charge in [0.1, 0.15) is 0 Å². The number of halogens is 1. The molecule has 0 bridgehead atoms. The van der Waals surface area contributed by atoms with Crippen LogP contribution in [0.2, 0.25) is 0 Å². The van der Waals surface area contributed by atoms with Crippen molar-refractivity contribution < 1.29 is 8.42 Å². The van der Waals surface area contributed by atoms with Crippen LogP contribution < -0.4 is 5.69 Å². The van der Waals surface area contributed by atoms with E-state index in [4.69, 9.17) is 10.7 Å². The van der Waals surface area contributed by atoms with Crippen molar-refractivity contribution in [3.63, 3.8) is 0 Å². The van der Waals surface area contributed by atoms with Gasteiger partial charge in [0.05, 0.1) is 11.4 Å². The fraction of sp³-hybridized carbons (Fsp3) is 0.100. The van der Waals surface area contributed by atoms with Gasteiger partial charge in [0.2, 0.25) is 9.05 Å². The van der Waals surface area contributed by atoms with Gasteiger partial charge in [-0.2, -0.15) is 0 Å². The number of benzene rings is 1. The fourth-order valence-corrected chi connectivity index (χ4v) is 2.47. The quantitative estimate of drug-likeness (QED) is 0.855. The number of H-pyrrole nitrogens is 1. The zero-order chi connectivity index (χ0) is 12.5. The van der Waals surface area contributed by atoms with Crippen LogP contribution in [0.5, 0.6) is 0 Å². The van der Waals surface area contributed by atoms with Gasteiger partial charge in [0.15, 0.2) is 0 Å². The molecule has 0 aliphatic rings. The Balaban J connectivity index is 2.42. The second-order valence-electron chi connectivity index (χ2n) is 3.49. The van der Waals surface area contributed by atoms with Gasteiger partial charge in [-0.1, -0.05) is 12.1 Å². The minimum Gasteiger partial charge on any atom is -0.312 e. The molecule has 0 atom stereocenters. The molecule has 2 aromatic rings. The van der Waals surface area contributed by atoms with E-state index in [9.17, 15) is 13.2 Å². The van der Waals surface area contributed by atoms with Crippen LogP contribution >= 0.6 is 10.7 Å². The van der Waals surface area contributed by atoms with Gasteiger partial charge in [-0.15, -0.1) is 0 Å². The average molecular weight is 273 g/mol. The summed E-state index contributed by atoms with van der Waals surface area (Å²) in [5.41, 5.74) is 0.843. The molecule has 1 N–H and O–H groups in total. The lowest BCUT2D eigenvalue weighted by Gasteiger charge is -2.03. The van der Waals surface area contributed by atoms with Crippen molar-refractivity contribution >= 4 is 19.7 Å². The van der Waals surface area contributed by atoms with Gasteiger partial charge in [-0.25, -0.2) is 13.2 Å². The Morgan fingerprint density at radius 1 is 1.35 bits per heavy atom. The van der Waals surface area contributed by atoms with Gasteiger partial charge in [0.25, 0.3) is 0 Å². The summed E-state index contributed by atoms with van der Waals surface area (Å²) in [7, 11) is 1.58. The van der Waals surface area contributed by atoms with Crippen LogP contribution in [0.3, 0.4) is 0 Å². The molecule has 0 unspecified atom stereocenters. The van der Waals surface area contributed by atoms with Gasteiger partial charge in [-0.3, -0.25) is 4.57 Å². The number of nitrogens with one attached hydrogen (secondary N) is 1. The lowest BCUT2D eigenvalue weighted by Crippen LogP contribution is -2.14. The van der Waals surface area contributed by atoms with Crippen molar-refractivity contribution in [1.29, 1.82) is 0 Å². The molecule has 1 heterocycles. The first-order valence-corrected chi connectivity index (χ1v) is 7.21. The number of hydrogen-bond acceptors (Lipinski definition) is 3. The molecule has 0 spiro atoms. The maximum atomic E-state index is 11.4. The minimum atomic E-state index is -3.60. The molecule has 1 aromatic heterocycles. The molecule has 0 saturated heterocycles. The maximum Gasteiger partial charge on any atom is 0.330 e. The number of nitrogens with zero attached hydrogens (tertiary/aromatic N) is 1. The summed E-state index contributed by atoms with van der Waals surface area (Å²) >= 11 is 0. The van der Waals surface area contributed by atoms with Crippen LogP contribution in [0.15, 0.2) is 41.5 Å². The van der Waals surface area contributed by atoms with E-state index in [0.29, 0.717) is 11.3 Å². The van der Waals surface area contributed by atoms with Gasteiger partial charge in [-0.05, 0) is 17.7 Å². The lowest BCUT2D eigenvalue weighted by atomic mass is 10.2. The van der Waals surface area contributed by atoms with E-state index < -0.39 is 9.05 Å². The number of rotatable bonds is 3. The highest BCUT2D eigenvalue weighted by Gasteiger charge is 2.08. The maximum absolute atomic E-state index is 11.4. The standard InChI is InChI=1S/C10H9ClN2O3S/c11-17(15,16)7-8-2-1-3-9(6-8)13-5-4-12-10(13)14/h1-6H,7H2,(H,12,14). The molecular formula is C10H9ClN2O3S. The number of hydrogen-bond donors (Lipinski definition) is 1. The molecule has 90 valence electrons. The molecular weight excluding hydrogens is 264 g/mol. The van der Waals surface area contributed by atoms with Crippen LogP contribution in [-0.4, -0.2) is 18.0 Å². The van der Waals surface area contributed by atoms with E-state index in [1.54, 1.807) is 30.5 Å². The molecule has 0 amide bonds. The first-order valence-electron chi connectivity index (χ1n) is 4.73. The summed E-state index contributed by atoms with van der Waals surface area (Å²) in [6.45, 7) is 0. The van der Waals surface area contributed by atoms with Crippen molar-refractivity contribution in [3.8, 4) is 5.69 Å². The van der Waals surface area contributed by atoms with Crippen molar-refractivity contribution in [2.24, 2.45) is 0 Å². The monoisotopic (exact) mass is 272 g/mol. The molecule has 0 saturated carbocycles. The molecule has 2 rings (SSSR count). The first kappa shape index (κ1) is 11.9. The largest absolute Gasteiger partial charge is 0.330 e. The van der Waals surface area contributed by atoms with Gasteiger partial charge >= 0.3 is 5.69 Å². The van der Waals surface area contributed by atoms with E-state index in [0.717, 1.165) is 0 Å². The highest BCUT2D eigenvalue weighted by atomic mass is 35.7. The first-order chi connectivity index (χ1) is 7.96. The SMILES string of the molecule is O=c1[nH]ccn1-c1cccc(CS(=O)(=O)Cl)c1. The van der Waals surface area contributed by atoms with Crippen LogP contribution in [0, 0.1) is 0 Å². The predicted molar refractivity (Wildman–Crippen MR) is 64.9 cm³/mol. The molecule has 1 aromatic carbocycles. The van der Waals surface area contributed by atoms with Crippen LogP contribution in [-0.2, 0) is 14.8 Å². The number of aromatic amines is 1. The number of imidazole rings is 1. The second-order valence-corrected chi connectivity index (χ2v) is 6.27. The van der Waals surface area contributed by atoms with Crippen LogP contribution in [0.4, 0.5) is 0 Å². The van der Waals surface area contributed by atoms with Crippen molar-refractivity contribution in [3.05, 3.63) is 52.7 Å². The summed E-state index contributed by atoms with van der Waals surface area (Å²) in [6.07, 6.45) is 3.07. The molecule has 0 fully saturated rings. The molecule has 0 aliphatic carbocycles. The van der Waals surface area contributed by atoms with Crippen LogP contribution in [0.1, 0.15) is 5.56 Å². The normalized spacial score (nSPS) is 11.6. The summed E-state index contributed by atoms with van der Waals surface area (Å²) in [5, 5.41) is 0. The Morgan fingerprint density at radius 2 is 2.12 bits per heavy atom. The van der Waals surface area contributed by atoms with E-state index in [-0.39, 0.29) is 11.4 Å². The zero-order valence-electron chi connectivity index (χ0n) is 8.63. The highest BCUT2D eigenvalue weighted by Crippen LogP contribution is 2.13. The van der Waals surface area contributed by atoms with E-state index in [1.165, 1.54) is 10.8 Å². The van der Waals surface area contributed by atoms with Crippen molar-refractivity contribution in [2.45, 2.75) is 5.75 Å². The smallest absolute Gasteiger partial charge is 0.312 e. The average Bonchev–Trinajstić information content (AvgIpc) is 2.62. The molecule has 7 heteroatoms. The van der Waals surface area contributed by atoms with Gasteiger partial charge in [0, 0.05) is 23.1 Å². The van der Waals surface area contributed by atoms with Gasteiger partial charge < -0.3 is 4.98 Å². The highest BCUT2D eigenvalue weighted by molar-refractivity contribution is 8.13. The Hall–Kier alpha value is -1.53. The number of aromatic nitrogens is 2. The summed E-state index contributed by atoms with van der Waals surface area (Å²) in [4.78, 5) is 13.9. The molecule has 17 heavy (non-hydrogen) atoms. The third-order valence-corrected chi connectivity index (χ3v) is 3.18. The molecule has 0 radical (unpaired) electrons. The lowest BCUT2D eigenvalue weighted by molar-refractivity contribution is 0.609. The third kappa shape index (κ3) is 2.98.